The molecule has 0 unspecified atom stereocenters. The van der Waals surface area contributed by atoms with Crippen molar-refractivity contribution in [1.29, 1.82) is 0 Å². The van der Waals surface area contributed by atoms with Crippen molar-refractivity contribution in [2.24, 2.45) is 0 Å². The lowest BCUT2D eigenvalue weighted by Gasteiger charge is -2.19. The highest BCUT2D eigenvalue weighted by atomic mass is 32.2. The molecule has 2 atom stereocenters. The Morgan fingerprint density at radius 2 is 2.05 bits per heavy atom. The molecule has 1 heterocycles. The first kappa shape index (κ1) is 16.6. The maximum atomic E-state index is 12.0. The SMILES string of the molecule is C[C@H](Cc1nc2ccccc2s1)NCC[S@@](=O)C(C)(C)C. The number of thiazole rings is 1. The van der Waals surface area contributed by atoms with Crippen molar-refractivity contribution < 1.29 is 4.21 Å². The second-order valence-electron chi connectivity index (χ2n) is 6.30. The number of benzene rings is 1. The van der Waals surface area contributed by atoms with Gasteiger partial charge in [-0.05, 0) is 39.8 Å². The van der Waals surface area contributed by atoms with Crippen LogP contribution in [-0.4, -0.2) is 32.3 Å². The van der Waals surface area contributed by atoms with Crippen LogP contribution in [0, 0.1) is 0 Å². The van der Waals surface area contributed by atoms with Gasteiger partial charge in [-0.15, -0.1) is 11.3 Å². The molecule has 0 spiro atoms. The summed E-state index contributed by atoms with van der Waals surface area (Å²) >= 11 is 1.76. The largest absolute Gasteiger partial charge is 0.313 e. The minimum atomic E-state index is -0.788. The lowest BCUT2D eigenvalue weighted by atomic mass is 10.2. The van der Waals surface area contributed by atoms with E-state index >= 15 is 0 Å². The summed E-state index contributed by atoms with van der Waals surface area (Å²) in [4.78, 5) is 4.65. The van der Waals surface area contributed by atoms with Gasteiger partial charge in [0.05, 0.1) is 15.2 Å². The number of aromatic nitrogens is 1. The Hall–Kier alpha value is -0.780. The zero-order chi connectivity index (χ0) is 15.5. The average Bonchev–Trinajstić information content (AvgIpc) is 2.79. The van der Waals surface area contributed by atoms with Crippen LogP contribution in [0.3, 0.4) is 0 Å². The third kappa shape index (κ3) is 4.87. The van der Waals surface area contributed by atoms with Gasteiger partial charge in [0, 0.05) is 40.3 Å². The van der Waals surface area contributed by atoms with Crippen molar-refractivity contribution in [2.75, 3.05) is 12.3 Å². The Balaban J connectivity index is 1.82. The van der Waals surface area contributed by atoms with Gasteiger partial charge < -0.3 is 5.32 Å². The fraction of sp³-hybridized carbons (Fsp3) is 0.562. The zero-order valence-corrected chi connectivity index (χ0v) is 14.8. The summed E-state index contributed by atoms with van der Waals surface area (Å²) < 4.78 is 13.1. The van der Waals surface area contributed by atoms with Gasteiger partial charge in [0.2, 0.25) is 0 Å². The first-order valence-electron chi connectivity index (χ1n) is 7.32. The van der Waals surface area contributed by atoms with Crippen LogP contribution in [0.5, 0.6) is 0 Å². The van der Waals surface area contributed by atoms with Crippen molar-refractivity contribution in [3.05, 3.63) is 29.3 Å². The Morgan fingerprint density at radius 1 is 1.33 bits per heavy atom. The van der Waals surface area contributed by atoms with Gasteiger partial charge in [-0.3, -0.25) is 4.21 Å². The second kappa shape index (κ2) is 6.99. The van der Waals surface area contributed by atoms with Gasteiger partial charge in [0.25, 0.3) is 0 Å². The topological polar surface area (TPSA) is 42.0 Å². The maximum Gasteiger partial charge on any atom is 0.0954 e. The lowest BCUT2D eigenvalue weighted by molar-refractivity contribution is 0.561. The Labute approximate surface area is 133 Å². The normalized spacial score (nSPS) is 15.2. The van der Waals surface area contributed by atoms with Crippen LogP contribution in [0.15, 0.2) is 24.3 Å². The van der Waals surface area contributed by atoms with Gasteiger partial charge in [-0.2, -0.15) is 0 Å². The molecule has 1 aromatic carbocycles. The van der Waals surface area contributed by atoms with Crippen molar-refractivity contribution in [3.63, 3.8) is 0 Å². The second-order valence-corrected chi connectivity index (χ2v) is 9.74. The Kier molecular flexibility index (Phi) is 5.52. The molecule has 0 saturated carbocycles. The maximum absolute atomic E-state index is 12.0. The molecule has 5 heteroatoms. The molecule has 116 valence electrons. The first-order chi connectivity index (χ1) is 9.86. The Morgan fingerprint density at radius 3 is 2.71 bits per heavy atom. The van der Waals surface area contributed by atoms with Crippen LogP contribution in [-0.2, 0) is 17.2 Å². The monoisotopic (exact) mass is 324 g/mol. The van der Waals surface area contributed by atoms with E-state index in [0.29, 0.717) is 11.8 Å². The first-order valence-corrected chi connectivity index (χ1v) is 9.46. The summed E-state index contributed by atoms with van der Waals surface area (Å²) in [6.45, 7) is 9.01. The van der Waals surface area contributed by atoms with Crippen LogP contribution in [0.2, 0.25) is 0 Å². The number of hydrogen-bond acceptors (Lipinski definition) is 4. The van der Waals surface area contributed by atoms with Gasteiger partial charge in [-0.25, -0.2) is 4.98 Å². The average molecular weight is 325 g/mol. The minimum Gasteiger partial charge on any atom is -0.313 e. The van der Waals surface area contributed by atoms with Crippen LogP contribution in [0.1, 0.15) is 32.7 Å². The predicted octanol–water partition coefficient (Wildman–Crippen LogP) is 3.36. The van der Waals surface area contributed by atoms with Crippen molar-refractivity contribution in [1.82, 2.24) is 10.3 Å². The van der Waals surface area contributed by atoms with Gasteiger partial charge in [0.15, 0.2) is 0 Å². The van der Waals surface area contributed by atoms with Crippen molar-refractivity contribution >= 4 is 32.4 Å². The molecule has 21 heavy (non-hydrogen) atoms. The molecule has 0 radical (unpaired) electrons. The highest BCUT2D eigenvalue weighted by molar-refractivity contribution is 7.86. The predicted molar refractivity (Wildman–Crippen MR) is 93.6 cm³/mol. The molecule has 0 fully saturated rings. The van der Waals surface area contributed by atoms with E-state index in [-0.39, 0.29) is 4.75 Å². The molecule has 0 aliphatic carbocycles. The summed E-state index contributed by atoms with van der Waals surface area (Å²) in [5, 5.41) is 4.61. The molecule has 0 bridgehead atoms. The fourth-order valence-corrected chi connectivity index (χ4v) is 4.06. The number of nitrogens with one attached hydrogen (secondary N) is 1. The minimum absolute atomic E-state index is 0.127. The molecule has 1 N–H and O–H groups in total. The van der Waals surface area contributed by atoms with Crippen molar-refractivity contribution in [3.8, 4) is 0 Å². The van der Waals surface area contributed by atoms with E-state index in [2.05, 4.69) is 29.4 Å². The number of fused-ring (bicyclic) bond motifs is 1. The fourth-order valence-electron chi connectivity index (χ4n) is 2.05. The molecular weight excluding hydrogens is 300 g/mol. The van der Waals surface area contributed by atoms with Gasteiger partial charge >= 0.3 is 0 Å². The van der Waals surface area contributed by atoms with E-state index in [0.717, 1.165) is 23.5 Å². The summed E-state index contributed by atoms with van der Waals surface area (Å²) in [7, 11) is -0.788. The highest BCUT2D eigenvalue weighted by Gasteiger charge is 2.18. The van der Waals surface area contributed by atoms with Crippen LogP contribution >= 0.6 is 11.3 Å². The van der Waals surface area contributed by atoms with Gasteiger partial charge in [0.1, 0.15) is 0 Å². The molecule has 2 rings (SSSR count). The molecular formula is C16H24N2OS2. The van der Waals surface area contributed by atoms with E-state index in [1.54, 1.807) is 11.3 Å². The number of nitrogens with zero attached hydrogens (tertiary/aromatic N) is 1. The molecule has 3 nitrogen and oxygen atoms in total. The molecule has 0 saturated heterocycles. The lowest BCUT2D eigenvalue weighted by Crippen LogP contribution is -2.34. The van der Waals surface area contributed by atoms with Crippen LogP contribution in [0.4, 0.5) is 0 Å². The smallest absolute Gasteiger partial charge is 0.0954 e. The van der Waals surface area contributed by atoms with E-state index < -0.39 is 10.8 Å². The Bertz CT molecular complexity index is 583. The summed E-state index contributed by atoms with van der Waals surface area (Å²) in [6, 6.07) is 8.59. The van der Waals surface area contributed by atoms with Crippen LogP contribution in [0.25, 0.3) is 10.2 Å². The number of rotatable bonds is 6. The molecule has 0 aliphatic heterocycles. The van der Waals surface area contributed by atoms with Crippen LogP contribution < -0.4 is 5.32 Å². The van der Waals surface area contributed by atoms with Crippen molar-refractivity contribution in [2.45, 2.75) is 44.9 Å². The molecule has 1 aromatic heterocycles. The highest BCUT2D eigenvalue weighted by Crippen LogP contribution is 2.22. The quantitative estimate of drug-likeness (QED) is 0.886. The third-order valence-electron chi connectivity index (χ3n) is 3.28. The van der Waals surface area contributed by atoms with E-state index in [1.165, 1.54) is 4.70 Å². The number of para-hydroxylation sites is 1. The molecule has 0 amide bonds. The summed E-state index contributed by atoms with van der Waals surface area (Å²) in [6.07, 6.45) is 0.918. The van der Waals surface area contributed by atoms with E-state index in [1.807, 2.05) is 32.9 Å². The number of hydrogen-bond donors (Lipinski definition) is 1. The summed E-state index contributed by atoms with van der Waals surface area (Å²) in [5.74, 6) is 0.702. The summed E-state index contributed by atoms with van der Waals surface area (Å²) in [5.41, 5.74) is 1.08. The zero-order valence-electron chi connectivity index (χ0n) is 13.2. The van der Waals surface area contributed by atoms with E-state index in [4.69, 9.17) is 0 Å². The molecule has 2 aromatic rings. The van der Waals surface area contributed by atoms with Gasteiger partial charge in [-0.1, -0.05) is 12.1 Å². The third-order valence-corrected chi connectivity index (χ3v) is 6.28. The standard InChI is InChI=1S/C16H24N2OS2/c1-12(17-9-10-21(19)16(2,3)4)11-15-18-13-7-5-6-8-14(13)20-15/h5-8,12,17H,9-11H2,1-4H3/t12-,21-/m1/s1. The molecule has 0 aliphatic rings. The van der Waals surface area contributed by atoms with E-state index in [9.17, 15) is 4.21 Å².